The molecule has 4 N–H and O–H groups in total. The molecule has 8 nitrogen and oxygen atoms in total. The summed E-state index contributed by atoms with van der Waals surface area (Å²) in [7, 11) is 0. The van der Waals surface area contributed by atoms with Gasteiger partial charge in [0.25, 0.3) is 0 Å². The molecule has 1 rings (SSSR count). The molecular weight excluding hydrogens is 282 g/mol. The number of carboxylic acids is 1. The Balaban J connectivity index is 2.99. The van der Waals surface area contributed by atoms with Gasteiger partial charge in [0.2, 0.25) is 0 Å². The molecule has 8 heteroatoms. The number of hydrogen-bond donors (Lipinski definition) is 4. The maximum absolute atomic E-state index is 12.2. The lowest BCUT2D eigenvalue weighted by molar-refractivity contribution is -0.147. The molecule has 1 aromatic carbocycles. The zero-order valence-electron chi connectivity index (χ0n) is 11.1. The maximum atomic E-state index is 12.2. The van der Waals surface area contributed by atoms with Gasteiger partial charge in [0.05, 0.1) is 6.61 Å². The number of ketones is 1. The zero-order valence-corrected chi connectivity index (χ0v) is 11.1. The molecule has 1 amide bonds. The number of phenolic OH excluding ortho intramolecular Hbond substituents is 1. The quantitative estimate of drug-likeness (QED) is 0.548. The molecule has 1 aromatic rings. The van der Waals surface area contributed by atoms with Crippen LogP contribution in [-0.4, -0.2) is 51.9 Å². The number of phenols is 1. The number of aliphatic carboxylic acids is 1. The third kappa shape index (κ3) is 4.46. The molecule has 0 saturated carbocycles. The van der Waals surface area contributed by atoms with Crippen LogP contribution >= 0.6 is 0 Å². The third-order valence-electron chi connectivity index (χ3n) is 2.55. The minimum absolute atomic E-state index is 0.0229. The Labute approximate surface area is 120 Å². The molecular formula is C13H15NO7. The normalized spacial score (nSPS) is 13.0. The average Bonchev–Trinajstić information content (AvgIpc) is 2.44. The second kappa shape index (κ2) is 7.25. The average molecular weight is 297 g/mol. The lowest BCUT2D eigenvalue weighted by Crippen LogP contribution is -2.52. The summed E-state index contributed by atoms with van der Waals surface area (Å²) in [6, 6.07) is 3.23. The van der Waals surface area contributed by atoms with Crippen molar-refractivity contribution in [3.8, 4) is 5.75 Å². The molecule has 2 atom stereocenters. The van der Waals surface area contributed by atoms with E-state index in [0.29, 0.717) is 0 Å². The van der Waals surface area contributed by atoms with E-state index in [4.69, 9.17) is 10.2 Å². The Morgan fingerprint density at radius 2 is 1.81 bits per heavy atom. The first-order valence-corrected chi connectivity index (χ1v) is 6.04. The van der Waals surface area contributed by atoms with Gasteiger partial charge in [0, 0.05) is 5.56 Å². The Hall–Kier alpha value is -2.61. The molecule has 0 radical (unpaired) electrons. The van der Waals surface area contributed by atoms with Gasteiger partial charge in [-0.05, 0) is 31.2 Å². The van der Waals surface area contributed by atoms with Crippen molar-refractivity contribution < 1.29 is 34.4 Å². The van der Waals surface area contributed by atoms with E-state index < -0.39 is 30.0 Å². The lowest BCUT2D eigenvalue weighted by atomic mass is 9.99. The van der Waals surface area contributed by atoms with Gasteiger partial charge in [-0.25, -0.2) is 9.59 Å². The summed E-state index contributed by atoms with van der Waals surface area (Å²) in [6.07, 6.45) is -3.15. The number of hydrogen-bond acceptors (Lipinski definition) is 6. The number of ether oxygens (including phenoxy) is 1. The predicted molar refractivity (Wildman–Crippen MR) is 70.0 cm³/mol. The van der Waals surface area contributed by atoms with Gasteiger partial charge in [-0.15, -0.1) is 0 Å². The van der Waals surface area contributed by atoms with Crippen molar-refractivity contribution in [3.63, 3.8) is 0 Å². The number of aliphatic hydroxyl groups is 1. The van der Waals surface area contributed by atoms with Crippen molar-refractivity contribution in [2.45, 2.75) is 19.1 Å². The molecule has 0 aliphatic heterocycles. The molecule has 0 aliphatic rings. The van der Waals surface area contributed by atoms with Crippen LogP contribution in [0.2, 0.25) is 0 Å². The number of alkyl carbamates (subject to hydrolysis) is 1. The van der Waals surface area contributed by atoms with Gasteiger partial charge in [-0.2, -0.15) is 0 Å². The second-order valence-electron chi connectivity index (χ2n) is 4.04. The minimum atomic E-state index is -2.13. The molecule has 0 fully saturated rings. The van der Waals surface area contributed by atoms with Crippen LogP contribution in [0.3, 0.4) is 0 Å². The van der Waals surface area contributed by atoms with Crippen LogP contribution in [-0.2, 0) is 9.53 Å². The number of aromatic hydroxyl groups is 1. The number of nitrogens with one attached hydrogen (secondary N) is 1. The molecule has 2 unspecified atom stereocenters. The first-order chi connectivity index (χ1) is 9.86. The number of Topliss-reactive ketones (excluding diaryl/α,β-unsaturated/α-hetero) is 1. The first-order valence-electron chi connectivity index (χ1n) is 6.04. The van der Waals surface area contributed by atoms with E-state index in [2.05, 4.69) is 4.74 Å². The van der Waals surface area contributed by atoms with Gasteiger partial charge < -0.3 is 25.4 Å². The summed E-state index contributed by atoms with van der Waals surface area (Å²) < 4.78 is 4.56. The van der Waals surface area contributed by atoms with E-state index >= 15 is 0 Å². The fourth-order valence-corrected chi connectivity index (χ4v) is 1.54. The van der Waals surface area contributed by atoms with Crippen molar-refractivity contribution in [2.24, 2.45) is 0 Å². The molecule has 0 aliphatic carbocycles. The van der Waals surface area contributed by atoms with E-state index in [1.807, 2.05) is 5.32 Å². The van der Waals surface area contributed by atoms with Crippen LogP contribution in [0.4, 0.5) is 4.79 Å². The highest BCUT2D eigenvalue weighted by molar-refractivity contribution is 6.04. The van der Waals surface area contributed by atoms with Gasteiger partial charge in [-0.1, -0.05) is 0 Å². The monoisotopic (exact) mass is 297 g/mol. The van der Waals surface area contributed by atoms with Gasteiger partial charge in [0.1, 0.15) is 11.8 Å². The second-order valence-corrected chi connectivity index (χ2v) is 4.04. The number of benzene rings is 1. The van der Waals surface area contributed by atoms with Crippen LogP contribution < -0.4 is 5.32 Å². The van der Waals surface area contributed by atoms with Crippen molar-refractivity contribution in [3.05, 3.63) is 29.8 Å². The van der Waals surface area contributed by atoms with Crippen LogP contribution in [0.1, 0.15) is 17.3 Å². The Morgan fingerprint density at radius 3 is 2.29 bits per heavy atom. The molecule has 21 heavy (non-hydrogen) atoms. The molecule has 114 valence electrons. The summed E-state index contributed by atoms with van der Waals surface area (Å²) >= 11 is 0. The number of rotatable bonds is 6. The van der Waals surface area contributed by atoms with E-state index in [9.17, 15) is 19.5 Å². The van der Waals surface area contributed by atoms with Crippen LogP contribution in [0.5, 0.6) is 5.75 Å². The third-order valence-corrected chi connectivity index (χ3v) is 2.55. The van der Waals surface area contributed by atoms with E-state index in [1.54, 1.807) is 0 Å². The summed E-state index contributed by atoms with van der Waals surface area (Å²) in [6.45, 7) is 1.55. The fourth-order valence-electron chi connectivity index (χ4n) is 1.54. The molecule has 0 bridgehead atoms. The van der Waals surface area contributed by atoms with Crippen LogP contribution in [0.25, 0.3) is 0 Å². The molecule has 0 heterocycles. The van der Waals surface area contributed by atoms with E-state index in [1.165, 1.54) is 31.2 Å². The Bertz CT molecular complexity index is 526. The summed E-state index contributed by atoms with van der Waals surface area (Å²) in [5, 5.41) is 29.5. The van der Waals surface area contributed by atoms with Crippen LogP contribution in [0, 0.1) is 0 Å². The van der Waals surface area contributed by atoms with Gasteiger partial charge in [0.15, 0.2) is 11.9 Å². The van der Waals surface area contributed by atoms with Crippen molar-refractivity contribution in [1.82, 2.24) is 5.32 Å². The zero-order chi connectivity index (χ0) is 16.0. The van der Waals surface area contributed by atoms with Crippen molar-refractivity contribution in [2.75, 3.05) is 6.61 Å². The van der Waals surface area contributed by atoms with Gasteiger partial charge in [-0.3, -0.25) is 4.79 Å². The highest BCUT2D eigenvalue weighted by Gasteiger charge is 2.34. The van der Waals surface area contributed by atoms with E-state index in [-0.39, 0.29) is 17.9 Å². The Kier molecular flexibility index (Phi) is 5.67. The lowest BCUT2D eigenvalue weighted by Gasteiger charge is -2.20. The standard InChI is InChI=1S/C13H15NO7/c1-2-21-13(20)14-9(11(17)12(18)19)10(16)7-3-5-8(15)6-4-7/h3-6,9,11,15,17H,2H2,1H3,(H,14,20)(H,18,19). The maximum Gasteiger partial charge on any atom is 0.407 e. The van der Waals surface area contributed by atoms with Crippen molar-refractivity contribution >= 4 is 17.8 Å². The number of carbonyl (C=O) groups is 3. The fraction of sp³-hybridized carbons (Fsp3) is 0.308. The summed E-state index contributed by atoms with van der Waals surface area (Å²) in [5.74, 6) is -2.57. The number of carboxylic acid groups (broad SMARTS) is 1. The van der Waals surface area contributed by atoms with Crippen molar-refractivity contribution in [1.29, 1.82) is 0 Å². The SMILES string of the molecule is CCOC(=O)NC(C(=O)c1ccc(O)cc1)C(O)C(=O)O. The minimum Gasteiger partial charge on any atom is -0.508 e. The highest BCUT2D eigenvalue weighted by Crippen LogP contribution is 2.13. The molecule has 0 spiro atoms. The summed E-state index contributed by atoms with van der Waals surface area (Å²) in [4.78, 5) is 34.3. The smallest absolute Gasteiger partial charge is 0.407 e. The highest BCUT2D eigenvalue weighted by atomic mass is 16.5. The Morgan fingerprint density at radius 1 is 1.24 bits per heavy atom. The van der Waals surface area contributed by atoms with E-state index in [0.717, 1.165) is 0 Å². The number of carbonyl (C=O) groups excluding carboxylic acids is 2. The van der Waals surface area contributed by atoms with Gasteiger partial charge >= 0.3 is 12.1 Å². The molecule has 0 aromatic heterocycles. The summed E-state index contributed by atoms with van der Waals surface area (Å²) in [5.41, 5.74) is 0.0231. The van der Waals surface area contributed by atoms with Crippen LogP contribution in [0.15, 0.2) is 24.3 Å². The molecule has 0 saturated heterocycles. The number of aliphatic hydroxyl groups excluding tert-OH is 1. The largest absolute Gasteiger partial charge is 0.508 e. The number of amides is 1. The first kappa shape index (κ1) is 16.4. The predicted octanol–water partition coefficient (Wildman–Crippen LogP) is 0.135. The topological polar surface area (TPSA) is 133 Å².